The van der Waals surface area contributed by atoms with Crippen molar-refractivity contribution >= 4 is 24.8 Å². The first kappa shape index (κ1) is 19.0. The van der Waals surface area contributed by atoms with Crippen LogP contribution in [0.15, 0.2) is 60.7 Å². The van der Waals surface area contributed by atoms with Crippen molar-refractivity contribution in [3.63, 3.8) is 0 Å². The van der Waals surface area contributed by atoms with Crippen molar-refractivity contribution in [1.29, 1.82) is 0 Å². The van der Waals surface area contributed by atoms with E-state index in [2.05, 4.69) is 65.6 Å². The maximum atomic E-state index is 6.34. The normalized spacial score (nSPS) is 21.5. The molecule has 2 nitrogen and oxygen atoms in total. The van der Waals surface area contributed by atoms with Gasteiger partial charge in [0.1, 0.15) is 0 Å². The average Bonchev–Trinajstić information content (AvgIpc) is 2.51. The third kappa shape index (κ3) is 4.72. The van der Waals surface area contributed by atoms with Crippen LogP contribution in [-0.4, -0.2) is 24.0 Å². The number of piperidine rings is 1. The molecule has 1 aliphatic rings. The van der Waals surface area contributed by atoms with Crippen molar-refractivity contribution in [2.45, 2.75) is 24.9 Å². The Labute approximate surface area is 145 Å². The summed E-state index contributed by atoms with van der Waals surface area (Å²) in [7, 11) is 0. The predicted octanol–water partition coefficient (Wildman–Crippen LogP) is 3.85. The molecule has 0 bridgehead atoms. The Morgan fingerprint density at radius 3 is 2.14 bits per heavy atom. The van der Waals surface area contributed by atoms with Gasteiger partial charge in [-0.15, -0.1) is 24.8 Å². The summed E-state index contributed by atoms with van der Waals surface area (Å²) in [5, 5.41) is 0. The highest BCUT2D eigenvalue weighted by Crippen LogP contribution is 2.26. The number of benzene rings is 2. The molecule has 0 amide bonds. The monoisotopic (exact) mass is 338 g/mol. The van der Waals surface area contributed by atoms with Crippen LogP contribution in [0.5, 0.6) is 0 Å². The molecule has 22 heavy (non-hydrogen) atoms. The summed E-state index contributed by atoms with van der Waals surface area (Å²) in [4.78, 5) is 2.52. The lowest BCUT2D eigenvalue weighted by Crippen LogP contribution is -2.45. The predicted molar refractivity (Wildman–Crippen MR) is 98.0 cm³/mol. The van der Waals surface area contributed by atoms with Crippen LogP contribution in [0.25, 0.3) is 0 Å². The van der Waals surface area contributed by atoms with Crippen molar-refractivity contribution in [1.82, 2.24) is 4.90 Å². The van der Waals surface area contributed by atoms with E-state index in [1.807, 2.05) is 0 Å². The quantitative estimate of drug-likeness (QED) is 0.920. The van der Waals surface area contributed by atoms with Gasteiger partial charge in [-0.1, -0.05) is 60.7 Å². The molecule has 0 spiro atoms. The van der Waals surface area contributed by atoms with E-state index in [-0.39, 0.29) is 30.9 Å². The maximum absolute atomic E-state index is 6.34. The van der Waals surface area contributed by atoms with Crippen LogP contribution < -0.4 is 5.73 Å². The van der Waals surface area contributed by atoms with E-state index in [1.54, 1.807) is 0 Å². The molecule has 2 N–H and O–H groups in total. The molecule has 1 heterocycles. The molecule has 2 aromatic rings. The Hall–Kier alpha value is -1.06. The molecule has 0 saturated carbocycles. The third-order valence-corrected chi connectivity index (χ3v) is 4.23. The van der Waals surface area contributed by atoms with E-state index >= 15 is 0 Å². The van der Waals surface area contributed by atoms with Crippen molar-refractivity contribution in [2.75, 3.05) is 13.1 Å². The van der Waals surface area contributed by atoms with Crippen molar-refractivity contribution in [3.05, 3.63) is 71.8 Å². The highest BCUT2D eigenvalue weighted by Gasteiger charge is 2.27. The second-order valence-corrected chi connectivity index (χ2v) is 5.69. The van der Waals surface area contributed by atoms with Crippen LogP contribution in [0.1, 0.15) is 23.5 Å². The first-order chi connectivity index (χ1) is 9.83. The van der Waals surface area contributed by atoms with Crippen LogP contribution in [0.3, 0.4) is 0 Å². The summed E-state index contributed by atoms with van der Waals surface area (Å²) in [6.07, 6.45) is 1.08. The summed E-state index contributed by atoms with van der Waals surface area (Å²) < 4.78 is 0. The summed E-state index contributed by atoms with van der Waals surface area (Å²) in [5.41, 5.74) is 9.10. The first-order valence-electron chi connectivity index (χ1n) is 7.40. The van der Waals surface area contributed by atoms with Crippen LogP contribution in [0.4, 0.5) is 0 Å². The lowest BCUT2D eigenvalue weighted by atomic mass is 9.86. The van der Waals surface area contributed by atoms with Gasteiger partial charge < -0.3 is 5.73 Å². The van der Waals surface area contributed by atoms with Crippen LogP contribution in [-0.2, 0) is 6.54 Å². The Morgan fingerprint density at radius 1 is 0.909 bits per heavy atom. The smallest absolute Gasteiger partial charge is 0.0234 e. The fraction of sp³-hybridized carbons (Fsp3) is 0.333. The second kappa shape index (κ2) is 9.16. The number of hydrogen-bond acceptors (Lipinski definition) is 2. The van der Waals surface area contributed by atoms with Crippen molar-refractivity contribution in [2.24, 2.45) is 5.73 Å². The first-order valence-corrected chi connectivity index (χ1v) is 7.40. The summed E-state index contributed by atoms with van der Waals surface area (Å²) in [6, 6.07) is 21.7. The van der Waals surface area contributed by atoms with E-state index in [0.717, 1.165) is 26.1 Å². The zero-order valence-electron chi connectivity index (χ0n) is 12.6. The van der Waals surface area contributed by atoms with Crippen molar-refractivity contribution in [3.8, 4) is 0 Å². The number of nitrogens with two attached hydrogens (primary N) is 1. The van der Waals surface area contributed by atoms with Gasteiger partial charge in [-0.2, -0.15) is 0 Å². The zero-order valence-corrected chi connectivity index (χ0v) is 14.2. The van der Waals surface area contributed by atoms with E-state index < -0.39 is 0 Å². The molecule has 1 saturated heterocycles. The highest BCUT2D eigenvalue weighted by atomic mass is 35.5. The molecule has 0 aliphatic carbocycles. The molecular weight excluding hydrogens is 315 g/mol. The van der Waals surface area contributed by atoms with E-state index in [1.165, 1.54) is 11.1 Å². The fourth-order valence-electron chi connectivity index (χ4n) is 3.08. The molecule has 2 unspecified atom stereocenters. The molecule has 0 aromatic heterocycles. The largest absolute Gasteiger partial charge is 0.327 e. The second-order valence-electron chi connectivity index (χ2n) is 5.69. The van der Waals surface area contributed by atoms with E-state index in [9.17, 15) is 0 Å². The molecular formula is C18H24Cl2N2. The van der Waals surface area contributed by atoms with Gasteiger partial charge in [0, 0.05) is 31.6 Å². The number of rotatable bonds is 3. The SMILES string of the molecule is Cl.Cl.NC1CCN(Cc2ccccc2)CC1c1ccccc1. The van der Waals surface area contributed by atoms with Gasteiger partial charge in [0.25, 0.3) is 0 Å². The molecule has 2 aromatic carbocycles. The van der Waals surface area contributed by atoms with Gasteiger partial charge >= 0.3 is 0 Å². The molecule has 1 fully saturated rings. The summed E-state index contributed by atoms with van der Waals surface area (Å²) in [6.45, 7) is 3.18. The van der Waals surface area contributed by atoms with E-state index in [0.29, 0.717) is 5.92 Å². The van der Waals surface area contributed by atoms with Crippen molar-refractivity contribution < 1.29 is 0 Å². The zero-order chi connectivity index (χ0) is 13.8. The lowest BCUT2D eigenvalue weighted by Gasteiger charge is -2.37. The van der Waals surface area contributed by atoms with Gasteiger partial charge in [-0.25, -0.2) is 0 Å². The Balaban J connectivity index is 0.00000121. The van der Waals surface area contributed by atoms with Crippen LogP contribution >= 0.6 is 24.8 Å². The molecule has 4 heteroatoms. The Kier molecular flexibility index (Phi) is 7.91. The topological polar surface area (TPSA) is 29.3 Å². The van der Waals surface area contributed by atoms with E-state index in [4.69, 9.17) is 5.73 Å². The third-order valence-electron chi connectivity index (χ3n) is 4.23. The minimum atomic E-state index is 0. The molecule has 1 aliphatic heterocycles. The Morgan fingerprint density at radius 2 is 1.50 bits per heavy atom. The molecule has 2 atom stereocenters. The lowest BCUT2D eigenvalue weighted by molar-refractivity contribution is 0.183. The minimum absolute atomic E-state index is 0. The minimum Gasteiger partial charge on any atom is -0.327 e. The van der Waals surface area contributed by atoms with Gasteiger partial charge in [0.05, 0.1) is 0 Å². The summed E-state index contributed by atoms with van der Waals surface area (Å²) in [5.74, 6) is 0.452. The Bertz CT molecular complexity index is 533. The van der Waals surface area contributed by atoms with Crippen LogP contribution in [0, 0.1) is 0 Å². The van der Waals surface area contributed by atoms with Gasteiger partial charge in [0.2, 0.25) is 0 Å². The molecule has 3 rings (SSSR count). The molecule has 120 valence electrons. The average molecular weight is 339 g/mol. The highest BCUT2D eigenvalue weighted by molar-refractivity contribution is 5.85. The number of likely N-dealkylation sites (tertiary alicyclic amines) is 1. The number of nitrogens with zero attached hydrogens (tertiary/aromatic N) is 1. The number of halogens is 2. The van der Waals surface area contributed by atoms with Gasteiger partial charge in [0.15, 0.2) is 0 Å². The standard InChI is InChI=1S/C18H22N2.2ClH/c19-18-11-12-20(13-15-7-3-1-4-8-15)14-17(18)16-9-5-2-6-10-16;;/h1-10,17-18H,11-14,19H2;2*1H. The summed E-state index contributed by atoms with van der Waals surface area (Å²) >= 11 is 0. The fourth-order valence-corrected chi connectivity index (χ4v) is 3.08. The van der Waals surface area contributed by atoms with Gasteiger partial charge in [-0.3, -0.25) is 4.90 Å². The maximum Gasteiger partial charge on any atom is 0.0234 e. The van der Waals surface area contributed by atoms with Gasteiger partial charge in [-0.05, 0) is 17.5 Å². The molecule has 0 radical (unpaired) electrons. The van der Waals surface area contributed by atoms with Crippen LogP contribution in [0.2, 0.25) is 0 Å². The number of hydrogen-bond donors (Lipinski definition) is 1.